The van der Waals surface area contributed by atoms with Gasteiger partial charge >= 0.3 is 0 Å². The number of rotatable bonds is 6. The molecule has 2 aliphatic heterocycles. The second kappa shape index (κ2) is 3.70. The smallest absolute Gasteiger partial charge is 0.203 e. The van der Waals surface area contributed by atoms with Crippen molar-refractivity contribution in [3.05, 3.63) is 0 Å². The predicted molar refractivity (Wildman–Crippen MR) is 42.1 cm³/mol. The maximum absolute atomic E-state index is 5.11. The molecule has 2 N–H and O–H groups in total. The van der Waals surface area contributed by atoms with E-state index in [0.29, 0.717) is 6.10 Å². The normalized spacial score (nSPS) is 38.2. The van der Waals surface area contributed by atoms with Gasteiger partial charge in [-0.25, -0.2) is 5.90 Å². The van der Waals surface area contributed by atoms with Crippen molar-refractivity contribution in [2.75, 3.05) is 6.61 Å². The molecule has 2 heterocycles. The third kappa shape index (κ3) is 2.42. The van der Waals surface area contributed by atoms with Crippen LogP contribution in [0.2, 0.25) is 0 Å². The molecule has 3 atom stereocenters. The third-order valence-corrected chi connectivity index (χ3v) is 2.34. The summed E-state index contributed by atoms with van der Waals surface area (Å²) in [5.41, 5.74) is 0. The average Bonchev–Trinajstić information content (AvgIpc) is 2.95. The van der Waals surface area contributed by atoms with Gasteiger partial charge in [-0.3, -0.25) is 4.84 Å². The van der Waals surface area contributed by atoms with E-state index in [0.717, 1.165) is 13.0 Å². The minimum absolute atomic E-state index is 0.123. The molecular weight excluding hydrogens is 158 g/mol. The third-order valence-electron chi connectivity index (χ3n) is 2.34. The second-order valence-corrected chi connectivity index (χ2v) is 3.42. The highest BCUT2D eigenvalue weighted by molar-refractivity contribution is 4.76. The first-order chi connectivity index (χ1) is 5.90. The zero-order valence-electron chi connectivity index (χ0n) is 7.07. The first-order valence-corrected chi connectivity index (χ1v) is 4.53. The first-order valence-electron chi connectivity index (χ1n) is 4.53. The van der Waals surface area contributed by atoms with Crippen LogP contribution in [0.25, 0.3) is 0 Å². The highest BCUT2D eigenvalue weighted by Crippen LogP contribution is 2.27. The highest BCUT2D eigenvalue weighted by Gasteiger charge is 2.39. The minimum atomic E-state index is -0.123. The number of hydrogen-bond acceptors (Lipinski definition) is 4. The summed E-state index contributed by atoms with van der Waals surface area (Å²) in [6.45, 7) is 0.967. The fraction of sp³-hybridized carbons (Fsp3) is 1.00. The first kappa shape index (κ1) is 8.44. The number of nitrogens with two attached hydrogens (primary N) is 1. The maximum atomic E-state index is 5.11. The lowest BCUT2D eigenvalue weighted by Crippen LogP contribution is -2.05. The monoisotopic (exact) mass is 173 g/mol. The Morgan fingerprint density at radius 1 is 1.33 bits per heavy atom. The van der Waals surface area contributed by atoms with Gasteiger partial charge in [0, 0.05) is 0 Å². The van der Waals surface area contributed by atoms with Crippen LogP contribution in [-0.2, 0) is 14.3 Å². The van der Waals surface area contributed by atoms with Crippen LogP contribution in [-0.4, -0.2) is 25.1 Å². The van der Waals surface area contributed by atoms with Gasteiger partial charge in [-0.05, 0) is 12.8 Å². The Hall–Kier alpha value is -0.160. The van der Waals surface area contributed by atoms with E-state index in [1.807, 2.05) is 0 Å². The van der Waals surface area contributed by atoms with Crippen molar-refractivity contribution in [3.63, 3.8) is 0 Å². The Kier molecular flexibility index (Phi) is 2.60. The molecule has 0 amide bonds. The Balaban J connectivity index is 1.41. The van der Waals surface area contributed by atoms with Crippen molar-refractivity contribution in [1.29, 1.82) is 0 Å². The summed E-state index contributed by atoms with van der Waals surface area (Å²) < 4.78 is 10.2. The van der Waals surface area contributed by atoms with Gasteiger partial charge < -0.3 is 9.47 Å². The summed E-state index contributed by atoms with van der Waals surface area (Å²) >= 11 is 0. The standard InChI is InChI=1S/C8H15NO3/c9-12-8-7(11-8)4-2-1-3-6-5-10-6/h6-8H,1-5,9H2/t6?,7?,8-/m1/s1. The van der Waals surface area contributed by atoms with E-state index < -0.39 is 0 Å². The molecule has 2 saturated heterocycles. The Labute approximate surface area is 71.9 Å². The van der Waals surface area contributed by atoms with Crippen molar-refractivity contribution in [1.82, 2.24) is 0 Å². The van der Waals surface area contributed by atoms with E-state index in [-0.39, 0.29) is 12.4 Å². The minimum Gasteiger partial charge on any atom is -0.373 e. The van der Waals surface area contributed by atoms with Gasteiger partial charge in [-0.15, -0.1) is 0 Å². The van der Waals surface area contributed by atoms with E-state index in [2.05, 4.69) is 4.84 Å². The van der Waals surface area contributed by atoms with Crippen LogP contribution >= 0.6 is 0 Å². The summed E-state index contributed by atoms with van der Waals surface area (Å²) in [4.78, 5) is 4.52. The molecule has 0 spiro atoms. The lowest BCUT2D eigenvalue weighted by atomic mass is 10.1. The number of hydrogen-bond donors (Lipinski definition) is 1. The lowest BCUT2D eigenvalue weighted by molar-refractivity contribution is 0.0503. The van der Waals surface area contributed by atoms with Crippen LogP contribution in [0.3, 0.4) is 0 Å². The Morgan fingerprint density at radius 3 is 2.67 bits per heavy atom. The van der Waals surface area contributed by atoms with Crippen molar-refractivity contribution in [2.24, 2.45) is 5.90 Å². The molecule has 4 nitrogen and oxygen atoms in total. The van der Waals surface area contributed by atoms with E-state index >= 15 is 0 Å². The van der Waals surface area contributed by atoms with E-state index in [1.54, 1.807) is 0 Å². The zero-order chi connectivity index (χ0) is 8.39. The van der Waals surface area contributed by atoms with Gasteiger partial charge in [0.15, 0.2) is 0 Å². The summed E-state index contributed by atoms with van der Waals surface area (Å²) in [5.74, 6) is 4.94. The molecule has 0 aromatic heterocycles. The van der Waals surface area contributed by atoms with Crippen LogP contribution in [0.15, 0.2) is 0 Å². The Morgan fingerprint density at radius 2 is 2.08 bits per heavy atom. The second-order valence-electron chi connectivity index (χ2n) is 3.42. The molecule has 2 aliphatic rings. The van der Waals surface area contributed by atoms with Crippen LogP contribution in [0, 0.1) is 0 Å². The van der Waals surface area contributed by atoms with Crippen LogP contribution in [0.4, 0.5) is 0 Å². The van der Waals surface area contributed by atoms with Gasteiger partial charge in [0.1, 0.15) is 6.10 Å². The van der Waals surface area contributed by atoms with Gasteiger partial charge in [0.25, 0.3) is 0 Å². The maximum Gasteiger partial charge on any atom is 0.203 e. The van der Waals surface area contributed by atoms with Gasteiger partial charge in [-0.1, -0.05) is 12.8 Å². The van der Waals surface area contributed by atoms with Crippen molar-refractivity contribution in [3.8, 4) is 0 Å². The number of ether oxygens (including phenoxy) is 2. The van der Waals surface area contributed by atoms with Gasteiger partial charge in [0.05, 0.1) is 12.7 Å². The van der Waals surface area contributed by atoms with Crippen molar-refractivity contribution in [2.45, 2.75) is 44.2 Å². The van der Waals surface area contributed by atoms with Gasteiger partial charge in [-0.2, -0.15) is 0 Å². The topological polar surface area (TPSA) is 60.3 Å². The number of unbranched alkanes of at least 4 members (excludes halogenated alkanes) is 1. The molecule has 12 heavy (non-hydrogen) atoms. The van der Waals surface area contributed by atoms with E-state index in [4.69, 9.17) is 15.4 Å². The predicted octanol–water partition coefficient (Wildman–Crippen LogP) is 0.561. The van der Waals surface area contributed by atoms with Crippen LogP contribution < -0.4 is 5.90 Å². The summed E-state index contributed by atoms with van der Waals surface area (Å²) in [6.07, 6.45) is 5.37. The molecule has 0 bridgehead atoms. The lowest BCUT2D eigenvalue weighted by Gasteiger charge is -1.94. The summed E-state index contributed by atoms with van der Waals surface area (Å²) in [6, 6.07) is 0. The molecule has 0 radical (unpaired) electrons. The Bertz CT molecular complexity index is 149. The van der Waals surface area contributed by atoms with Gasteiger partial charge in [0.2, 0.25) is 6.29 Å². The fourth-order valence-corrected chi connectivity index (χ4v) is 1.40. The van der Waals surface area contributed by atoms with Crippen LogP contribution in [0.5, 0.6) is 0 Å². The quantitative estimate of drug-likeness (QED) is 0.362. The van der Waals surface area contributed by atoms with Crippen molar-refractivity contribution >= 4 is 0 Å². The highest BCUT2D eigenvalue weighted by atomic mass is 16.8. The molecule has 0 aromatic carbocycles. The molecule has 0 aromatic rings. The SMILES string of the molecule is NO[C@H]1OC1CCCCC1CO1. The number of epoxide rings is 2. The molecule has 2 unspecified atom stereocenters. The molecule has 0 aliphatic carbocycles. The fourth-order valence-electron chi connectivity index (χ4n) is 1.40. The molecule has 2 fully saturated rings. The van der Waals surface area contributed by atoms with E-state index in [1.165, 1.54) is 19.3 Å². The van der Waals surface area contributed by atoms with E-state index in [9.17, 15) is 0 Å². The average molecular weight is 173 g/mol. The molecular formula is C8H15NO3. The van der Waals surface area contributed by atoms with Crippen LogP contribution in [0.1, 0.15) is 25.7 Å². The largest absolute Gasteiger partial charge is 0.373 e. The zero-order valence-corrected chi connectivity index (χ0v) is 7.07. The van der Waals surface area contributed by atoms with Crippen molar-refractivity contribution < 1.29 is 14.3 Å². The summed E-state index contributed by atoms with van der Waals surface area (Å²) in [5, 5.41) is 0. The summed E-state index contributed by atoms with van der Waals surface area (Å²) in [7, 11) is 0. The molecule has 2 rings (SSSR count). The molecule has 0 saturated carbocycles. The molecule has 4 heteroatoms. The molecule has 70 valence electrons.